The summed E-state index contributed by atoms with van der Waals surface area (Å²) >= 11 is 0. The fourth-order valence-corrected chi connectivity index (χ4v) is 1.75. The van der Waals surface area contributed by atoms with Gasteiger partial charge in [-0.3, -0.25) is 14.9 Å². The molecule has 0 aliphatic rings. The minimum absolute atomic E-state index is 0.0174. The Labute approximate surface area is 125 Å². The molecule has 21 heavy (non-hydrogen) atoms. The highest BCUT2D eigenvalue weighted by molar-refractivity contribution is 5.91. The van der Waals surface area contributed by atoms with Crippen molar-refractivity contribution in [2.45, 2.75) is 46.1 Å². The van der Waals surface area contributed by atoms with Gasteiger partial charge in [-0.05, 0) is 38.8 Å². The summed E-state index contributed by atoms with van der Waals surface area (Å²) in [6.07, 6.45) is 1.34. The van der Waals surface area contributed by atoms with Crippen LogP contribution in [-0.4, -0.2) is 22.9 Å². The van der Waals surface area contributed by atoms with Crippen LogP contribution >= 0.6 is 0 Å². The Morgan fingerprint density at radius 2 is 2.05 bits per heavy atom. The van der Waals surface area contributed by atoms with E-state index in [4.69, 9.17) is 0 Å². The van der Waals surface area contributed by atoms with Crippen LogP contribution in [0.4, 0.5) is 11.4 Å². The molecule has 0 saturated heterocycles. The molecular weight excluding hydrogens is 270 g/mol. The zero-order valence-corrected chi connectivity index (χ0v) is 13.0. The van der Waals surface area contributed by atoms with Gasteiger partial charge in [-0.15, -0.1) is 0 Å². The summed E-state index contributed by atoms with van der Waals surface area (Å²) < 4.78 is 0. The zero-order valence-electron chi connectivity index (χ0n) is 13.0. The number of carbonyl (C=O) groups excluding carboxylic acids is 1. The minimum Gasteiger partial charge on any atom is -0.326 e. The van der Waals surface area contributed by atoms with Gasteiger partial charge in [0.15, 0.2) is 0 Å². The van der Waals surface area contributed by atoms with Crippen LogP contribution in [0.25, 0.3) is 0 Å². The van der Waals surface area contributed by atoms with Gasteiger partial charge in [0, 0.05) is 36.3 Å². The fraction of sp³-hybridized carbons (Fsp3) is 0.533. The number of non-ortho nitro benzene ring substituents is 1. The molecule has 0 heterocycles. The summed E-state index contributed by atoms with van der Waals surface area (Å²) in [5.41, 5.74) is 1.33. The van der Waals surface area contributed by atoms with E-state index in [0.717, 1.165) is 6.42 Å². The fourth-order valence-electron chi connectivity index (χ4n) is 1.75. The van der Waals surface area contributed by atoms with Crippen LogP contribution in [0, 0.1) is 17.0 Å². The van der Waals surface area contributed by atoms with E-state index in [9.17, 15) is 14.9 Å². The molecule has 2 N–H and O–H groups in total. The maximum Gasteiger partial charge on any atom is 0.269 e. The Hall–Kier alpha value is -1.95. The summed E-state index contributed by atoms with van der Waals surface area (Å²) in [4.78, 5) is 22.1. The summed E-state index contributed by atoms with van der Waals surface area (Å²) in [5, 5.41) is 16.8. The maximum atomic E-state index is 11.9. The van der Waals surface area contributed by atoms with Gasteiger partial charge in [-0.1, -0.05) is 6.92 Å². The maximum absolute atomic E-state index is 11.9. The van der Waals surface area contributed by atoms with Crippen LogP contribution in [-0.2, 0) is 4.79 Å². The number of hydrogen-bond donors (Lipinski definition) is 2. The molecule has 0 saturated carbocycles. The van der Waals surface area contributed by atoms with Crippen LogP contribution in [0.15, 0.2) is 18.2 Å². The van der Waals surface area contributed by atoms with Crippen molar-refractivity contribution in [3.63, 3.8) is 0 Å². The van der Waals surface area contributed by atoms with E-state index in [-0.39, 0.29) is 17.1 Å². The molecule has 0 spiro atoms. The number of hydrogen-bond acceptors (Lipinski definition) is 4. The van der Waals surface area contributed by atoms with E-state index in [1.807, 2.05) is 0 Å². The summed E-state index contributed by atoms with van der Waals surface area (Å²) in [6.45, 7) is 8.60. The molecule has 0 bridgehead atoms. The van der Waals surface area contributed by atoms with Gasteiger partial charge in [0.05, 0.1) is 4.92 Å². The quantitative estimate of drug-likeness (QED) is 0.598. The van der Waals surface area contributed by atoms with Crippen LogP contribution in [0.5, 0.6) is 0 Å². The van der Waals surface area contributed by atoms with Gasteiger partial charge < -0.3 is 10.6 Å². The Morgan fingerprint density at radius 1 is 1.38 bits per heavy atom. The van der Waals surface area contributed by atoms with E-state index in [1.165, 1.54) is 12.1 Å². The molecule has 0 aromatic heterocycles. The van der Waals surface area contributed by atoms with Crippen molar-refractivity contribution in [2.24, 2.45) is 0 Å². The Morgan fingerprint density at radius 3 is 2.57 bits per heavy atom. The summed E-state index contributed by atoms with van der Waals surface area (Å²) in [5.74, 6) is -0.105. The van der Waals surface area contributed by atoms with Gasteiger partial charge in [0.25, 0.3) is 5.69 Å². The third kappa shape index (κ3) is 5.51. The van der Waals surface area contributed by atoms with Crippen molar-refractivity contribution in [2.75, 3.05) is 11.9 Å². The van der Waals surface area contributed by atoms with Crippen molar-refractivity contribution in [1.29, 1.82) is 0 Å². The molecule has 1 rings (SSSR count). The normalized spacial score (nSPS) is 11.2. The highest BCUT2D eigenvalue weighted by Crippen LogP contribution is 2.21. The number of rotatable bonds is 7. The smallest absolute Gasteiger partial charge is 0.269 e. The molecule has 0 atom stereocenters. The van der Waals surface area contributed by atoms with Crippen molar-refractivity contribution in [3.05, 3.63) is 33.9 Å². The molecule has 0 radical (unpaired) electrons. The molecular formula is C15H23N3O3. The first kappa shape index (κ1) is 17.1. The van der Waals surface area contributed by atoms with E-state index in [1.54, 1.807) is 13.0 Å². The second kappa shape index (κ2) is 7.17. The molecule has 1 aromatic rings. The van der Waals surface area contributed by atoms with Gasteiger partial charge in [0.1, 0.15) is 0 Å². The van der Waals surface area contributed by atoms with E-state index in [2.05, 4.69) is 31.4 Å². The first-order valence-electron chi connectivity index (χ1n) is 7.05. The van der Waals surface area contributed by atoms with Crippen LogP contribution in [0.1, 0.15) is 39.2 Å². The predicted molar refractivity (Wildman–Crippen MR) is 83.5 cm³/mol. The number of nitrogens with zero attached hydrogens (tertiary/aromatic N) is 1. The van der Waals surface area contributed by atoms with Crippen LogP contribution < -0.4 is 10.6 Å². The molecule has 1 amide bonds. The molecule has 116 valence electrons. The lowest BCUT2D eigenvalue weighted by Crippen LogP contribution is -2.40. The number of nitro benzene ring substituents is 1. The third-order valence-corrected chi connectivity index (χ3v) is 3.53. The van der Waals surface area contributed by atoms with Crippen molar-refractivity contribution in [1.82, 2.24) is 5.32 Å². The van der Waals surface area contributed by atoms with E-state index >= 15 is 0 Å². The molecule has 0 unspecified atom stereocenters. The monoisotopic (exact) mass is 293 g/mol. The second-order valence-electron chi connectivity index (χ2n) is 5.72. The first-order chi connectivity index (χ1) is 9.75. The lowest BCUT2D eigenvalue weighted by atomic mass is 10.0. The minimum atomic E-state index is -0.449. The molecule has 0 aliphatic carbocycles. The second-order valence-corrected chi connectivity index (χ2v) is 5.72. The van der Waals surface area contributed by atoms with Gasteiger partial charge >= 0.3 is 0 Å². The van der Waals surface area contributed by atoms with Crippen LogP contribution in [0.3, 0.4) is 0 Å². The van der Waals surface area contributed by atoms with Crippen molar-refractivity contribution < 1.29 is 9.72 Å². The predicted octanol–water partition coefficient (Wildman–Crippen LogP) is 3.01. The van der Waals surface area contributed by atoms with E-state index < -0.39 is 4.92 Å². The summed E-state index contributed by atoms with van der Waals surface area (Å²) in [7, 11) is 0. The number of anilines is 1. The summed E-state index contributed by atoms with van der Waals surface area (Å²) in [6, 6.07) is 4.41. The van der Waals surface area contributed by atoms with Crippen molar-refractivity contribution >= 4 is 17.3 Å². The van der Waals surface area contributed by atoms with Crippen molar-refractivity contribution in [3.8, 4) is 0 Å². The number of aryl methyl sites for hydroxylation is 1. The van der Waals surface area contributed by atoms with Crippen LogP contribution in [0.2, 0.25) is 0 Å². The largest absolute Gasteiger partial charge is 0.326 e. The SMILES string of the molecule is CCC(C)(C)NCCC(=O)Nc1ccc([N+](=O)[O-])cc1C. The topological polar surface area (TPSA) is 84.3 Å². The zero-order chi connectivity index (χ0) is 16.0. The lowest BCUT2D eigenvalue weighted by molar-refractivity contribution is -0.384. The molecule has 1 aromatic carbocycles. The highest BCUT2D eigenvalue weighted by atomic mass is 16.6. The first-order valence-corrected chi connectivity index (χ1v) is 7.05. The average molecular weight is 293 g/mol. The molecule has 6 nitrogen and oxygen atoms in total. The number of nitro groups is 1. The molecule has 6 heteroatoms. The average Bonchev–Trinajstić information content (AvgIpc) is 2.40. The number of benzene rings is 1. The molecule has 0 aliphatic heterocycles. The Kier molecular flexibility index (Phi) is 5.84. The van der Waals surface area contributed by atoms with E-state index in [0.29, 0.717) is 24.2 Å². The van der Waals surface area contributed by atoms with Gasteiger partial charge in [0.2, 0.25) is 5.91 Å². The Bertz CT molecular complexity index is 527. The number of carbonyl (C=O) groups is 1. The van der Waals surface area contributed by atoms with Gasteiger partial charge in [-0.25, -0.2) is 0 Å². The lowest BCUT2D eigenvalue weighted by Gasteiger charge is -2.24. The number of nitrogens with one attached hydrogen (secondary N) is 2. The highest BCUT2D eigenvalue weighted by Gasteiger charge is 2.14. The number of amides is 1. The standard InChI is InChI=1S/C15H23N3O3/c1-5-15(3,4)16-9-8-14(19)17-13-7-6-12(18(20)21)10-11(13)2/h6-7,10,16H,5,8-9H2,1-4H3,(H,17,19). The molecule has 0 fully saturated rings. The Balaban J connectivity index is 2.54. The van der Waals surface area contributed by atoms with Gasteiger partial charge in [-0.2, -0.15) is 0 Å². The third-order valence-electron chi connectivity index (χ3n) is 3.53.